The first-order valence-electron chi connectivity index (χ1n) is 9.06. The number of piperazine rings is 1. The molecule has 0 radical (unpaired) electrons. The van der Waals surface area contributed by atoms with Gasteiger partial charge < -0.3 is 5.32 Å². The molecule has 2 aromatic carbocycles. The van der Waals surface area contributed by atoms with Gasteiger partial charge in [-0.15, -0.1) is 0 Å². The number of carbonyl (C=O) groups excluding carboxylic acids is 1. The number of amides is 1. The van der Waals surface area contributed by atoms with Crippen molar-refractivity contribution in [2.45, 2.75) is 20.4 Å². The van der Waals surface area contributed by atoms with E-state index in [2.05, 4.69) is 46.3 Å². The van der Waals surface area contributed by atoms with Crippen molar-refractivity contribution in [3.63, 3.8) is 0 Å². The van der Waals surface area contributed by atoms with Crippen LogP contribution >= 0.6 is 11.6 Å². The van der Waals surface area contributed by atoms with Gasteiger partial charge in [-0.2, -0.15) is 0 Å². The lowest BCUT2D eigenvalue weighted by atomic mass is 10.1. The molecule has 1 amide bonds. The summed E-state index contributed by atoms with van der Waals surface area (Å²) in [7, 11) is 0. The predicted molar refractivity (Wildman–Crippen MR) is 108 cm³/mol. The van der Waals surface area contributed by atoms with Crippen molar-refractivity contribution >= 4 is 23.2 Å². The number of nitrogens with one attached hydrogen (secondary N) is 1. The van der Waals surface area contributed by atoms with Crippen LogP contribution in [-0.2, 0) is 11.3 Å². The molecule has 4 nitrogen and oxygen atoms in total. The number of aryl methyl sites for hydroxylation is 1. The van der Waals surface area contributed by atoms with Gasteiger partial charge in [-0.25, -0.2) is 0 Å². The molecule has 5 heteroatoms. The number of halogens is 1. The first kappa shape index (κ1) is 18.9. The molecule has 2 aromatic rings. The Morgan fingerprint density at radius 2 is 1.73 bits per heavy atom. The van der Waals surface area contributed by atoms with Crippen LogP contribution < -0.4 is 5.32 Å². The van der Waals surface area contributed by atoms with Gasteiger partial charge in [0.25, 0.3) is 0 Å². The number of hydrogen-bond acceptors (Lipinski definition) is 3. The Labute approximate surface area is 160 Å². The standard InChI is InChI=1S/C21H26ClN3O/c1-16-5-3-6-18(13-16)14-24-9-11-25(12-10-24)15-21(26)23-20-8-4-7-19(22)17(20)2/h3-8,13H,9-12,14-15H2,1-2H3,(H,23,26). The number of carbonyl (C=O) groups is 1. The van der Waals surface area contributed by atoms with E-state index in [1.807, 2.05) is 25.1 Å². The molecule has 1 aliphatic rings. The summed E-state index contributed by atoms with van der Waals surface area (Å²) in [5.41, 5.74) is 4.35. The monoisotopic (exact) mass is 371 g/mol. The largest absolute Gasteiger partial charge is 0.325 e. The third-order valence-corrected chi connectivity index (χ3v) is 5.27. The molecular weight excluding hydrogens is 346 g/mol. The maximum absolute atomic E-state index is 12.3. The van der Waals surface area contributed by atoms with Crippen LogP contribution in [0, 0.1) is 13.8 Å². The molecule has 3 rings (SSSR count). The van der Waals surface area contributed by atoms with Gasteiger partial charge in [0.1, 0.15) is 0 Å². The van der Waals surface area contributed by atoms with E-state index in [0.29, 0.717) is 11.6 Å². The second-order valence-corrected chi connectivity index (χ2v) is 7.41. The van der Waals surface area contributed by atoms with Gasteiger partial charge in [-0.1, -0.05) is 47.5 Å². The van der Waals surface area contributed by atoms with Crippen LogP contribution in [0.25, 0.3) is 0 Å². The van der Waals surface area contributed by atoms with Crippen molar-refractivity contribution in [3.05, 3.63) is 64.2 Å². The van der Waals surface area contributed by atoms with Crippen LogP contribution in [0.1, 0.15) is 16.7 Å². The van der Waals surface area contributed by atoms with Crippen molar-refractivity contribution in [2.24, 2.45) is 0 Å². The fourth-order valence-corrected chi connectivity index (χ4v) is 3.48. The van der Waals surface area contributed by atoms with E-state index in [4.69, 9.17) is 11.6 Å². The Kier molecular flexibility index (Phi) is 6.30. The first-order valence-corrected chi connectivity index (χ1v) is 9.44. The zero-order valence-corrected chi connectivity index (χ0v) is 16.2. The highest BCUT2D eigenvalue weighted by Gasteiger charge is 2.19. The molecule has 0 spiro atoms. The van der Waals surface area contributed by atoms with Crippen molar-refractivity contribution in [3.8, 4) is 0 Å². The van der Waals surface area contributed by atoms with Gasteiger partial charge in [0.05, 0.1) is 6.54 Å². The third-order valence-electron chi connectivity index (χ3n) is 4.86. The zero-order valence-electron chi connectivity index (χ0n) is 15.5. The summed E-state index contributed by atoms with van der Waals surface area (Å²) in [4.78, 5) is 17.0. The minimum Gasteiger partial charge on any atom is -0.325 e. The number of nitrogens with zero attached hydrogens (tertiary/aromatic N) is 2. The molecule has 1 fully saturated rings. The van der Waals surface area contributed by atoms with E-state index in [-0.39, 0.29) is 5.91 Å². The first-order chi connectivity index (χ1) is 12.5. The molecule has 0 bridgehead atoms. The zero-order chi connectivity index (χ0) is 18.5. The quantitative estimate of drug-likeness (QED) is 0.870. The van der Waals surface area contributed by atoms with Crippen LogP contribution in [0.2, 0.25) is 5.02 Å². The molecule has 0 aromatic heterocycles. The van der Waals surface area contributed by atoms with Gasteiger partial charge in [0.15, 0.2) is 0 Å². The molecule has 0 unspecified atom stereocenters. The lowest BCUT2D eigenvalue weighted by molar-refractivity contribution is -0.117. The maximum Gasteiger partial charge on any atom is 0.238 e. The SMILES string of the molecule is Cc1cccc(CN2CCN(CC(=O)Nc3cccc(Cl)c3C)CC2)c1. The van der Waals surface area contributed by atoms with Gasteiger partial charge in [-0.3, -0.25) is 14.6 Å². The van der Waals surface area contributed by atoms with Crippen LogP contribution in [0.4, 0.5) is 5.69 Å². The van der Waals surface area contributed by atoms with Crippen molar-refractivity contribution < 1.29 is 4.79 Å². The average Bonchev–Trinajstić information content (AvgIpc) is 2.61. The Balaban J connectivity index is 1.46. The second-order valence-electron chi connectivity index (χ2n) is 7.00. The Morgan fingerprint density at radius 3 is 2.46 bits per heavy atom. The molecule has 1 saturated heterocycles. The molecule has 1 heterocycles. The summed E-state index contributed by atoms with van der Waals surface area (Å²) in [5.74, 6) is 0.0162. The molecule has 1 aliphatic heterocycles. The molecule has 1 N–H and O–H groups in total. The Hall–Kier alpha value is -1.88. The molecule has 0 atom stereocenters. The van der Waals surface area contributed by atoms with Crippen molar-refractivity contribution in [1.29, 1.82) is 0 Å². The Bertz CT molecular complexity index is 770. The summed E-state index contributed by atoms with van der Waals surface area (Å²) in [6.45, 7) is 9.23. The molecule has 0 aliphatic carbocycles. The smallest absolute Gasteiger partial charge is 0.238 e. The number of hydrogen-bond donors (Lipinski definition) is 1. The average molecular weight is 372 g/mol. The number of rotatable bonds is 5. The highest BCUT2D eigenvalue weighted by atomic mass is 35.5. The van der Waals surface area contributed by atoms with Crippen molar-refractivity contribution in [2.75, 3.05) is 38.0 Å². The van der Waals surface area contributed by atoms with Crippen LogP contribution in [0.15, 0.2) is 42.5 Å². The molecule has 138 valence electrons. The van der Waals surface area contributed by atoms with Crippen molar-refractivity contribution in [1.82, 2.24) is 9.80 Å². The van der Waals surface area contributed by atoms with Crippen LogP contribution in [0.5, 0.6) is 0 Å². The van der Waals surface area contributed by atoms with Gasteiger partial charge >= 0.3 is 0 Å². The molecular formula is C21H26ClN3O. The van der Waals surface area contributed by atoms with Gasteiger partial charge in [0, 0.05) is 43.4 Å². The number of benzene rings is 2. The highest BCUT2D eigenvalue weighted by molar-refractivity contribution is 6.31. The third kappa shape index (κ3) is 5.07. The van der Waals surface area contributed by atoms with Gasteiger partial charge in [-0.05, 0) is 37.1 Å². The summed E-state index contributed by atoms with van der Waals surface area (Å²) >= 11 is 6.11. The Morgan fingerprint density at radius 1 is 1.04 bits per heavy atom. The van der Waals surface area contributed by atoms with E-state index < -0.39 is 0 Å². The topological polar surface area (TPSA) is 35.6 Å². The van der Waals surface area contributed by atoms with E-state index in [0.717, 1.165) is 44.0 Å². The summed E-state index contributed by atoms with van der Waals surface area (Å²) in [5, 5.41) is 3.65. The lowest BCUT2D eigenvalue weighted by Gasteiger charge is -2.34. The highest BCUT2D eigenvalue weighted by Crippen LogP contribution is 2.22. The van der Waals surface area contributed by atoms with E-state index in [1.165, 1.54) is 11.1 Å². The summed E-state index contributed by atoms with van der Waals surface area (Å²) in [6, 6.07) is 14.2. The van der Waals surface area contributed by atoms with Gasteiger partial charge in [0.2, 0.25) is 5.91 Å². The number of anilines is 1. The summed E-state index contributed by atoms with van der Waals surface area (Å²) < 4.78 is 0. The van der Waals surface area contributed by atoms with E-state index >= 15 is 0 Å². The molecule has 26 heavy (non-hydrogen) atoms. The second kappa shape index (κ2) is 8.67. The van der Waals surface area contributed by atoms with Crippen LogP contribution in [0.3, 0.4) is 0 Å². The minimum atomic E-state index is 0.0162. The normalized spacial score (nSPS) is 15.8. The lowest BCUT2D eigenvalue weighted by Crippen LogP contribution is -2.48. The fraction of sp³-hybridized carbons (Fsp3) is 0.381. The molecule has 0 saturated carbocycles. The predicted octanol–water partition coefficient (Wildman–Crippen LogP) is 3.71. The van der Waals surface area contributed by atoms with E-state index in [9.17, 15) is 4.79 Å². The maximum atomic E-state index is 12.3. The fourth-order valence-electron chi connectivity index (χ4n) is 3.31. The minimum absolute atomic E-state index is 0.0162. The van der Waals surface area contributed by atoms with Crippen LogP contribution in [-0.4, -0.2) is 48.4 Å². The van der Waals surface area contributed by atoms with E-state index in [1.54, 1.807) is 0 Å². The summed E-state index contributed by atoms with van der Waals surface area (Å²) in [6.07, 6.45) is 0.